The summed E-state index contributed by atoms with van der Waals surface area (Å²) in [5, 5.41) is 72.2. The molecule has 0 bridgehead atoms. The number of carbonyl (C=O) groups excluding carboxylic acids is 2. The summed E-state index contributed by atoms with van der Waals surface area (Å²) in [6.07, 6.45) is 0. The maximum absolute atomic E-state index is 12.7. The number of carboxylic acid groups (broad SMARTS) is 3. The molecule has 19 nitrogen and oxygen atoms in total. The van der Waals surface area contributed by atoms with E-state index in [0.717, 1.165) is 0 Å². The minimum atomic E-state index is -1.62. The highest BCUT2D eigenvalue weighted by Crippen LogP contribution is 2.03. The van der Waals surface area contributed by atoms with Crippen molar-refractivity contribution in [1.82, 2.24) is 35.1 Å². The van der Waals surface area contributed by atoms with E-state index in [2.05, 4.69) is 10.6 Å². The normalized spacial score (nSPS) is 11.4. The van der Waals surface area contributed by atoms with E-state index < -0.39 is 63.6 Å². The molecule has 21 heteroatoms. The van der Waals surface area contributed by atoms with Gasteiger partial charge in [-0.15, -0.1) is 0 Å². The highest BCUT2D eigenvalue weighted by molar-refractivity contribution is 6.59. The fraction of sp³-hybridized carbons (Fsp3) is 0.500. The summed E-state index contributed by atoms with van der Waals surface area (Å²) < 4.78 is 0. The van der Waals surface area contributed by atoms with Crippen LogP contribution >= 0.6 is 0 Å². The third-order valence-corrected chi connectivity index (χ3v) is 8.45. The van der Waals surface area contributed by atoms with Crippen molar-refractivity contribution in [2.75, 3.05) is 99.2 Å². The zero-order valence-corrected chi connectivity index (χ0v) is 31.3. The van der Waals surface area contributed by atoms with E-state index in [1.54, 1.807) is 62.6 Å². The fourth-order valence-corrected chi connectivity index (χ4v) is 5.73. The van der Waals surface area contributed by atoms with Crippen LogP contribution in [0.25, 0.3) is 0 Å². The van der Waals surface area contributed by atoms with E-state index in [4.69, 9.17) is 0 Å². The van der Waals surface area contributed by atoms with Crippen LogP contribution in [0.1, 0.15) is 11.1 Å². The summed E-state index contributed by atoms with van der Waals surface area (Å²) >= 11 is 0. The summed E-state index contributed by atoms with van der Waals surface area (Å²) in [5.41, 5.74) is 2.16. The van der Waals surface area contributed by atoms with Crippen LogP contribution < -0.4 is 21.6 Å². The van der Waals surface area contributed by atoms with Gasteiger partial charge in [-0.25, -0.2) is 0 Å². The molecule has 0 radical (unpaired) electrons. The molecule has 2 aromatic rings. The van der Waals surface area contributed by atoms with Gasteiger partial charge >= 0.3 is 32.1 Å². The molecule has 0 heterocycles. The molecule has 302 valence electrons. The molecule has 55 heavy (non-hydrogen) atoms. The Morgan fingerprint density at radius 3 is 1.18 bits per heavy atom. The van der Waals surface area contributed by atoms with Crippen LogP contribution in [0, 0.1) is 0 Å². The van der Waals surface area contributed by atoms with Crippen LogP contribution in [-0.4, -0.2) is 203 Å². The summed E-state index contributed by atoms with van der Waals surface area (Å²) in [6, 6.07) is 13.7. The van der Waals surface area contributed by atoms with Crippen molar-refractivity contribution >= 4 is 54.9 Å². The molecule has 0 aliphatic carbocycles. The number of likely N-dealkylation sites (N-methyl/N-ethyl adjacent to an activating group) is 2. The van der Waals surface area contributed by atoms with Gasteiger partial charge in [0.2, 0.25) is 11.8 Å². The predicted molar refractivity (Wildman–Crippen MR) is 203 cm³/mol. The zero-order valence-electron chi connectivity index (χ0n) is 31.3. The van der Waals surface area contributed by atoms with E-state index in [1.165, 1.54) is 14.7 Å². The van der Waals surface area contributed by atoms with Gasteiger partial charge in [0, 0.05) is 65.4 Å². The first-order valence-electron chi connectivity index (χ1n) is 17.6. The first kappa shape index (κ1) is 46.7. The van der Waals surface area contributed by atoms with E-state index in [-0.39, 0.29) is 52.4 Å². The Kier molecular flexibility index (Phi) is 21.1. The molecule has 2 amide bonds. The van der Waals surface area contributed by atoms with Crippen molar-refractivity contribution in [2.45, 2.75) is 13.1 Å². The molecular formula is C34H53B2N7O12. The molecule has 0 saturated carbocycles. The Hall–Kier alpha value is -4.44. The van der Waals surface area contributed by atoms with Crippen molar-refractivity contribution < 1.29 is 59.4 Å². The van der Waals surface area contributed by atoms with Gasteiger partial charge in [0.25, 0.3) is 0 Å². The minimum absolute atomic E-state index is 0.00183. The van der Waals surface area contributed by atoms with Crippen LogP contribution in [0.4, 0.5) is 0 Å². The SMILES string of the molecule is CN(CCNC(=O)CN(CCN(CCN(CC(=O)O)CC(=O)NCCN(C)Cc1ccccc1B(O)O)CC(=O)O)CC(=O)O)Cc1ccccc1B(O)O. The quantitative estimate of drug-likeness (QED) is 0.0367. The molecule has 2 rings (SSSR count). The van der Waals surface area contributed by atoms with Gasteiger partial charge in [-0.2, -0.15) is 0 Å². The Labute approximate surface area is 321 Å². The molecular weight excluding hydrogens is 720 g/mol. The summed E-state index contributed by atoms with van der Waals surface area (Å²) in [6.45, 7) is 0.0698. The second-order valence-electron chi connectivity index (χ2n) is 13.2. The standard InChI is InChI=1S/C34H53B2N7O12/c1-39(19-26-7-3-5-9-28(26)35(52)53)13-11-37-30(44)21-42(24-33(48)49)17-15-41(23-32(46)47)16-18-43(25-34(50)51)22-31(45)38-12-14-40(2)20-27-8-4-6-10-29(27)36(54)55/h3-10,52-55H,11-25H2,1-2H3,(H,37,44)(H,38,45)(H,46,47)(H,48,49)(H,50,51). The zero-order chi connectivity index (χ0) is 40.9. The molecule has 0 fully saturated rings. The summed E-state index contributed by atoms with van der Waals surface area (Å²) in [4.78, 5) is 68.2. The van der Waals surface area contributed by atoms with Crippen LogP contribution in [0.3, 0.4) is 0 Å². The lowest BCUT2D eigenvalue weighted by molar-refractivity contribution is -0.141. The number of benzene rings is 2. The number of hydrogen-bond acceptors (Lipinski definition) is 14. The third kappa shape index (κ3) is 19.6. The molecule has 2 aromatic carbocycles. The predicted octanol–water partition coefficient (Wildman–Crippen LogP) is -5.00. The number of amides is 2. The number of hydrogen-bond donors (Lipinski definition) is 9. The largest absolute Gasteiger partial charge is 0.488 e. The Balaban J connectivity index is 1.88. The van der Waals surface area contributed by atoms with E-state index >= 15 is 0 Å². The number of nitrogens with one attached hydrogen (secondary N) is 2. The summed E-state index contributed by atoms with van der Waals surface area (Å²) in [5.74, 6) is -4.47. The van der Waals surface area contributed by atoms with Gasteiger partial charge < -0.3 is 55.8 Å². The Morgan fingerprint density at radius 1 is 0.509 bits per heavy atom. The third-order valence-electron chi connectivity index (χ3n) is 8.45. The average Bonchev–Trinajstić information content (AvgIpc) is 3.08. The molecule has 0 saturated heterocycles. The lowest BCUT2D eigenvalue weighted by Gasteiger charge is -2.28. The van der Waals surface area contributed by atoms with Crippen LogP contribution in [0.2, 0.25) is 0 Å². The fourth-order valence-electron chi connectivity index (χ4n) is 5.73. The van der Waals surface area contributed by atoms with E-state index in [1.807, 2.05) is 9.80 Å². The summed E-state index contributed by atoms with van der Waals surface area (Å²) in [7, 11) is 0.338. The van der Waals surface area contributed by atoms with Gasteiger partial charge in [0.15, 0.2) is 0 Å². The minimum Gasteiger partial charge on any atom is -0.480 e. The number of carboxylic acids is 3. The van der Waals surface area contributed by atoms with E-state index in [0.29, 0.717) is 48.2 Å². The molecule has 0 spiro atoms. The Morgan fingerprint density at radius 2 is 0.836 bits per heavy atom. The first-order chi connectivity index (χ1) is 26.0. The second kappa shape index (κ2) is 24.9. The molecule has 0 aromatic heterocycles. The molecule has 0 atom stereocenters. The van der Waals surface area contributed by atoms with Crippen molar-refractivity contribution in [3.05, 3.63) is 59.7 Å². The van der Waals surface area contributed by atoms with Gasteiger partial charge in [-0.1, -0.05) is 48.5 Å². The first-order valence-corrected chi connectivity index (χ1v) is 17.6. The number of aliphatic carboxylic acids is 3. The topological polar surface area (TPSA) is 267 Å². The highest BCUT2D eigenvalue weighted by atomic mass is 16.4. The maximum atomic E-state index is 12.7. The number of rotatable bonds is 28. The van der Waals surface area contributed by atoms with Crippen LogP contribution in [0.5, 0.6) is 0 Å². The van der Waals surface area contributed by atoms with Gasteiger partial charge in [-0.05, 0) is 36.1 Å². The van der Waals surface area contributed by atoms with Crippen LogP contribution in [0.15, 0.2) is 48.5 Å². The van der Waals surface area contributed by atoms with Crippen molar-refractivity contribution in [3.63, 3.8) is 0 Å². The van der Waals surface area contributed by atoms with Gasteiger partial charge in [0.1, 0.15) is 0 Å². The molecule has 9 N–H and O–H groups in total. The van der Waals surface area contributed by atoms with Gasteiger partial charge in [0.05, 0.1) is 32.7 Å². The highest BCUT2D eigenvalue weighted by Gasteiger charge is 2.21. The maximum Gasteiger partial charge on any atom is 0.488 e. The van der Waals surface area contributed by atoms with Crippen molar-refractivity contribution in [3.8, 4) is 0 Å². The Bertz CT molecular complexity index is 1440. The van der Waals surface area contributed by atoms with Gasteiger partial charge in [-0.3, -0.25) is 38.7 Å². The smallest absolute Gasteiger partial charge is 0.480 e. The van der Waals surface area contributed by atoms with E-state index in [9.17, 15) is 59.4 Å². The van der Waals surface area contributed by atoms with Crippen molar-refractivity contribution in [2.24, 2.45) is 0 Å². The van der Waals surface area contributed by atoms with Crippen molar-refractivity contribution in [1.29, 1.82) is 0 Å². The monoisotopic (exact) mass is 773 g/mol. The van der Waals surface area contributed by atoms with Crippen LogP contribution in [-0.2, 0) is 37.1 Å². The average molecular weight is 773 g/mol. The molecule has 0 unspecified atom stereocenters. The second-order valence-corrected chi connectivity index (χ2v) is 13.2. The lowest BCUT2D eigenvalue weighted by atomic mass is 9.77. The lowest BCUT2D eigenvalue weighted by Crippen LogP contribution is -2.47. The number of carbonyl (C=O) groups is 5. The molecule has 0 aliphatic rings. The number of nitrogens with zero attached hydrogens (tertiary/aromatic N) is 5. The molecule has 0 aliphatic heterocycles.